The van der Waals surface area contributed by atoms with Crippen LogP contribution in [0, 0.1) is 10.5 Å². The Morgan fingerprint density at radius 2 is 2.04 bits per heavy atom. The lowest BCUT2D eigenvalue weighted by atomic mass is 10.2. The van der Waals surface area contributed by atoms with Crippen LogP contribution in [0.25, 0.3) is 10.2 Å². The van der Waals surface area contributed by atoms with Crippen molar-refractivity contribution in [2.75, 3.05) is 0 Å². The second-order valence-electron chi connectivity index (χ2n) is 5.40. The highest BCUT2D eigenvalue weighted by Crippen LogP contribution is 2.20. The summed E-state index contributed by atoms with van der Waals surface area (Å²) in [5.41, 5.74) is 3.03. The Hall–Kier alpha value is -1.47. The number of thiazole rings is 1. The van der Waals surface area contributed by atoms with Gasteiger partial charge in [0.25, 0.3) is 5.91 Å². The summed E-state index contributed by atoms with van der Waals surface area (Å²) >= 11 is 3.76. The molecule has 23 heavy (non-hydrogen) atoms. The SMILES string of the molecule is CCCn1c(=NC(=O)c2ccccc2I)sc2cc(C)ccc21. The van der Waals surface area contributed by atoms with Crippen LogP contribution >= 0.6 is 33.9 Å². The summed E-state index contributed by atoms with van der Waals surface area (Å²) in [6.07, 6.45) is 1.00. The number of benzene rings is 2. The fourth-order valence-electron chi connectivity index (χ4n) is 2.49. The van der Waals surface area contributed by atoms with E-state index in [2.05, 4.69) is 64.2 Å². The van der Waals surface area contributed by atoms with Crippen LogP contribution in [-0.4, -0.2) is 10.5 Å². The zero-order valence-electron chi connectivity index (χ0n) is 13.0. The molecule has 1 heterocycles. The van der Waals surface area contributed by atoms with Crippen molar-refractivity contribution < 1.29 is 4.79 Å². The first-order valence-corrected chi connectivity index (χ1v) is 9.43. The predicted octanol–water partition coefficient (Wildman–Crippen LogP) is 4.77. The summed E-state index contributed by atoms with van der Waals surface area (Å²) in [6, 6.07) is 13.9. The first kappa shape index (κ1) is 16.4. The quantitative estimate of drug-likeness (QED) is 0.545. The van der Waals surface area contributed by atoms with Gasteiger partial charge in [-0.15, -0.1) is 0 Å². The molecule has 0 N–H and O–H groups in total. The third kappa shape index (κ3) is 3.40. The van der Waals surface area contributed by atoms with Gasteiger partial charge in [0.05, 0.1) is 15.8 Å². The molecule has 0 atom stereocenters. The number of rotatable bonds is 3. The zero-order chi connectivity index (χ0) is 16.4. The van der Waals surface area contributed by atoms with Crippen molar-refractivity contribution >= 4 is 50.1 Å². The minimum Gasteiger partial charge on any atom is -0.316 e. The summed E-state index contributed by atoms with van der Waals surface area (Å²) < 4.78 is 4.25. The predicted molar refractivity (Wildman–Crippen MR) is 104 cm³/mol. The van der Waals surface area contributed by atoms with Gasteiger partial charge >= 0.3 is 0 Å². The number of halogens is 1. The van der Waals surface area contributed by atoms with E-state index < -0.39 is 0 Å². The lowest BCUT2D eigenvalue weighted by molar-refractivity contribution is 0.0997. The van der Waals surface area contributed by atoms with Crippen LogP contribution in [0.3, 0.4) is 0 Å². The Labute approximate surface area is 152 Å². The number of aromatic nitrogens is 1. The fourth-order valence-corrected chi connectivity index (χ4v) is 4.26. The maximum atomic E-state index is 12.6. The first-order chi connectivity index (χ1) is 11.1. The molecule has 3 aromatic rings. The number of carbonyl (C=O) groups excluding carboxylic acids is 1. The topological polar surface area (TPSA) is 34.4 Å². The van der Waals surface area contributed by atoms with Gasteiger partial charge in [-0.3, -0.25) is 4.79 Å². The first-order valence-electron chi connectivity index (χ1n) is 7.53. The van der Waals surface area contributed by atoms with E-state index in [4.69, 9.17) is 0 Å². The fraction of sp³-hybridized carbons (Fsp3) is 0.222. The van der Waals surface area contributed by atoms with Crippen LogP contribution in [0.2, 0.25) is 0 Å². The zero-order valence-corrected chi connectivity index (χ0v) is 16.0. The third-order valence-corrected chi connectivity index (χ3v) is 5.57. The van der Waals surface area contributed by atoms with Crippen LogP contribution in [-0.2, 0) is 6.54 Å². The normalized spacial score (nSPS) is 12.0. The maximum absolute atomic E-state index is 12.6. The van der Waals surface area contributed by atoms with E-state index >= 15 is 0 Å². The van der Waals surface area contributed by atoms with Gasteiger partial charge in [-0.2, -0.15) is 4.99 Å². The summed E-state index contributed by atoms with van der Waals surface area (Å²) in [6.45, 7) is 5.08. The van der Waals surface area contributed by atoms with Crippen LogP contribution in [0.4, 0.5) is 0 Å². The standard InChI is InChI=1S/C18H17IN2OS/c1-3-10-21-15-9-8-12(2)11-16(15)23-18(21)20-17(22)13-6-4-5-7-14(13)19/h4-9,11H,3,10H2,1-2H3. The lowest BCUT2D eigenvalue weighted by Crippen LogP contribution is -2.17. The molecule has 5 heteroatoms. The van der Waals surface area contributed by atoms with Gasteiger partial charge in [0.1, 0.15) is 0 Å². The van der Waals surface area contributed by atoms with Gasteiger partial charge in [-0.1, -0.05) is 36.5 Å². The summed E-state index contributed by atoms with van der Waals surface area (Å²) in [5.74, 6) is -0.178. The second-order valence-corrected chi connectivity index (χ2v) is 7.58. The van der Waals surface area contributed by atoms with Gasteiger partial charge < -0.3 is 4.57 Å². The molecule has 0 unspecified atom stereocenters. The Kier molecular flexibility index (Phi) is 4.96. The van der Waals surface area contributed by atoms with E-state index in [-0.39, 0.29) is 5.91 Å². The molecular formula is C18H17IN2OS. The molecule has 0 aliphatic rings. The number of hydrogen-bond acceptors (Lipinski definition) is 2. The summed E-state index contributed by atoms with van der Waals surface area (Å²) in [5, 5.41) is 0. The molecule has 2 aromatic carbocycles. The van der Waals surface area contributed by atoms with E-state index in [1.165, 1.54) is 10.3 Å². The van der Waals surface area contributed by atoms with Gasteiger partial charge in [-0.05, 0) is 65.8 Å². The largest absolute Gasteiger partial charge is 0.316 e. The molecule has 0 aliphatic carbocycles. The van der Waals surface area contributed by atoms with Crippen molar-refractivity contribution in [3.05, 3.63) is 62.0 Å². The Morgan fingerprint density at radius 3 is 2.78 bits per heavy atom. The van der Waals surface area contributed by atoms with E-state index in [1.54, 1.807) is 11.3 Å². The minimum atomic E-state index is -0.178. The molecule has 1 amide bonds. The number of fused-ring (bicyclic) bond motifs is 1. The highest BCUT2D eigenvalue weighted by Gasteiger charge is 2.11. The molecule has 3 nitrogen and oxygen atoms in total. The van der Waals surface area contributed by atoms with Crippen LogP contribution in [0.5, 0.6) is 0 Å². The number of nitrogens with zero attached hydrogens (tertiary/aromatic N) is 2. The van der Waals surface area contributed by atoms with Crippen LogP contribution < -0.4 is 4.80 Å². The van der Waals surface area contributed by atoms with Crippen LogP contribution in [0.1, 0.15) is 29.3 Å². The molecule has 0 radical (unpaired) electrons. The Bertz CT molecular complexity index is 940. The number of amides is 1. The van der Waals surface area contributed by atoms with Crippen molar-refractivity contribution in [1.29, 1.82) is 0 Å². The second kappa shape index (κ2) is 6.97. The molecule has 3 rings (SSSR count). The number of hydrogen-bond donors (Lipinski definition) is 0. The molecule has 0 spiro atoms. The van der Waals surface area contributed by atoms with Crippen molar-refractivity contribution in [3.63, 3.8) is 0 Å². The smallest absolute Gasteiger partial charge is 0.280 e. The maximum Gasteiger partial charge on any atom is 0.280 e. The molecule has 1 aromatic heterocycles. The number of aryl methyl sites for hydroxylation is 2. The minimum absolute atomic E-state index is 0.178. The molecule has 0 bridgehead atoms. The summed E-state index contributed by atoms with van der Waals surface area (Å²) in [7, 11) is 0. The molecule has 118 valence electrons. The van der Waals surface area contributed by atoms with Gasteiger partial charge in [0.2, 0.25) is 0 Å². The summed E-state index contributed by atoms with van der Waals surface area (Å²) in [4.78, 5) is 17.7. The molecule has 0 aliphatic heterocycles. The third-order valence-electron chi connectivity index (χ3n) is 3.59. The molecular weight excluding hydrogens is 419 g/mol. The number of carbonyl (C=O) groups is 1. The Balaban J connectivity index is 2.16. The van der Waals surface area contributed by atoms with Gasteiger partial charge in [0, 0.05) is 10.1 Å². The molecule has 0 saturated heterocycles. The lowest BCUT2D eigenvalue weighted by Gasteiger charge is -2.03. The van der Waals surface area contributed by atoms with Crippen molar-refractivity contribution in [2.45, 2.75) is 26.8 Å². The highest BCUT2D eigenvalue weighted by molar-refractivity contribution is 14.1. The van der Waals surface area contributed by atoms with Gasteiger partial charge in [-0.25, -0.2) is 0 Å². The molecule has 0 saturated carbocycles. The average Bonchev–Trinajstić information content (AvgIpc) is 2.84. The average molecular weight is 436 g/mol. The monoisotopic (exact) mass is 436 g/mol. The Morgan fingerprint density at radius 1 is 1.26 bits per heavy atom. The molecule has 0 fully saturated rings. The van der Waals surface area contributed by atoms with Crippen LogP contribution in [0.15, 0.2) is 47.5 Å². The van der Waals surface area contributed by atoms with E-state index in [0.717, 1.165) is 26.9 Å². The van der Waals surface area contributed by atoms with Crippen molar-refractivity contribution in [3.8, 4) is 0 Å². The van der Waals surface area contributed by atoms with E-state index in [0.29, 0.717) is 5.56 Å². The van der Waals surface area contributed by atoms with Gasteiger partial charge in [0.15, 0.2) is 4.80 Å². The van der Waals surface area contributed by atoms with Crippen molar-refractivity contribution in [1.82, 2.24) is 4.57 Å². The highest BCUT2D eigenvalue weighted by atomic mass is 127. The van der Waals surface area contributed by atoms with E-state index in [1.807, 2.05) is 24.3 Å². The van der Waals surface area contributed by atoms with Crippen molar-refractivity contribution in [2.24, 2.45) is 4.99 Å². The van der Waals surface area contributed by atoms with E-state index in [9.17, 15) is 4.79 Å².